The van der Waals surface area contributed by atoms with E-state index >= 15 is 0 Å². The third kappa shape index (κ3) is 4.05. The number of hydrogen-bond acceptors (Lipinski definition) is 4. The molecule has 1 saturated heterocycles. The highest BCUT2D eigenvalue weighted by atomic mass is 16.3. The van der Waals surface area contributed by atoms with Crippen molar-refractivity contribution >= 4 is 5.91 Å². The van der Waals surface area contributed by atoms with Gasteiger partial charge >= 0.3 is 0 Å². The zero-order chi connectivity index (χ0) is 14.6. The lowest BCUT2D eigenvalue weighted by Crippen LogP contribution is -2.50. The lowest BCUT2D eigenvalue weighted by Gasteiger charge is -2.39. The third-order valence-corrected chi connectivity index (χ3v) is 3.85. The van der Waals surface area contributed by atoms with Crippen LogP contribution in [0.25, 0.3) is 0 Å². The quantitative estimate of drug-likeness (QED) is 0.836. The van der Waals surface area contributed by atoms with Gasteiger partial charge in [-0.3, -0.25) is 9.69 Å². The summed E-state index contributed by atoms with van der Waals surface area (Å²) in [6, 6.07) is 0. The van der Waals surface area contributed by atoms with Crippen molar-refractivity contribution in [1.29, 1.82) is 0 Å². The minimum absolute atomic E-state index is 0.0102. The van der Waals surface area contributed by atoms with Gasteiger partial charge in [-0.25, -0.2) is 4.98 Å². The molecule has 0 saturated carbocycles. The molecule has 20 heavy (non-hydrogen) atoms. The maximum atomic E-state index is 11.8. The van der Waals surface area contributed by atoms with Gasteiger partial charge in [0.25, 0.3) is 0 Å². The van der Waals surface area contributed by atoms with Crippen LogP contribution in [0.4, 0.5) is 0 Å². The number of imidazole rings is 1. The Hall–Kier alpha value is -1.40. The maximum Gasteiger partial charge on any atom is 0.224 e. The van der Waals surface area contributed by atoms with Crippen molar-refractivity contribution in [2.24, 2.45) is 0 Å². The van der Waals surface area contributed by atoms with Crippen LogP contribution < -0.4 is 0 Å². The van der Waals surface area contributed by atoms with Crippen LogP contribution in [-0.2, 0) is 11.3 Å². The van der Waals surface area contributed by atoms with E-state index in [1.807, 2.05) is 10.8 Å². The lowest BCUT2D eigenvalue weighted by molar-refractivity contribution is -0.136. The minimum atomic E-state index is -0.880. The van der Waals surface area contributed by atoms with Gasteiger partial charge < -0.3 is 14.6 Å². The van der Waals surface area contributed by atoms with Gasteiger partial charge in [0.2, 0.25) is 5.91 Å². The van der Waals surface area contributed by atoms with Gasteiger partial charge in [0.05, 0.1) is 18.3 Å². The van der Waals surface area contributed by atoms with E-state index in [2.05, 4.69) is 9.88 Å². The molecule has 112 valence electrons. The normalized spacial score (nSPS) is 23.8. The first kappa shape index (κ1) is 15.0. The lowest BCUT2D eigenvalue weighted by atomic mass is 9.89. The number of nitrogens with zero attached hydrogens (tertiary/aromatic N) is 4. The van der Waals surface area contributed by atoms with Crippen LogP contribution in [0.2, 0.25) is 0 Å². The van der Waals surface area contributed by atoms with Crippen LogP contribution >= 0.6 is 0 Å². The number of β-amino-alcohol motifs (C(OH)–C–C–N with tert-alkyl or cyclic N) is 1. The fourth-order valence-electron chi connectivity index (χ4n) is 2.66. The van der Waals surface area contributed by atoms with Crippen molar-refractivity contribution in [3.05, 3.63) is 18.7 Å². The van der Waals surface area contributed by atoms with E-state index in [-0.39, 0.29) is 12.3 Å². The van der Waals surface area contributed by atoms with Crippen LogP contribution in [0.5, 0.6) is 0 Å². The number of amides is 1. The van der Waals surface area contributed by atoms with Crippen molar-refractivity contribution in [3.63, 3.8) is 0 Å². The van der Waals surface area contributed by atoms with Gasteiger partial charge in [0, 0.05) is 46.1 Å². The predicted molar refractivity (Wildman–Crippen MR) is 76.2 cm³/mol. The van der Waals surface area contributed by atoms with Crippen LogP contribution in [0.1, 0.15) is 19.3 Å². The zero-order valence-corrected chi connectivity index (χ0v) is 12.3. The number of aliphatic hydroxyl groups is 1. The molecular formula is C14H24N4O2. The van der Waals surface area contributed by atoms with Crippen LogP contribution in [0, 0.1) is 0 Å². The Morgan fingerprint density at radius 1 is 1.45 bits per heavy atom. The molecule has 1 unspecified atom stereocenters. The molecule has 6 heteroatoms. The Morgan fingerprint density at radius 2 is 2.25 bits per heavy atom. The summed E-state index contributed by atoms with van der Waals surface area (Å²) in [4.78, 5) is 19.6. The van der Waals surface area contributed by atoms with E-state index < -0.39 is 5.60 Å². The second-order valence-corrected chi connectivity index (χ2v) is 5.87. The molecule has 0 aromatic carbocycles. The van der Waals surface area contributed by atoms with Crippen molar-refractivity contribution in [1.82, 2.24) is 19.4 Å². The Labute approximate surface area is 120 Å². The maximum absolute atomic E-state index is 11.8. The molecule has 1 amide bonds. The fraction of sp³-hybridized carbons (Fsp3) is 0.714. The molecule has 1 aromatic rings. The van der Waals surface area contributed by atoms with Crippen molar-refractivity contribution < 1.29 is 9.90 Å². The topological polar surface area (TPSA) is 61.6 Å². The van der Waals surface area contributed by atoms with Crippen molar-refractivity contribution in [2.45, 2.75) is 31.4 Å². The molecule has 0 aliphatic carbocycles. The number of carbonyl (C=O) groups excluding carboxylic acids is 1. The number of likely N-dealkylation sites (tertiary alicyclic amines) is 1. The first-order chi connectivity index (χ1) is 9.48. The van der Waals surface area contributed by atoms with Gasteiger partial charge in [-0.1, -0.05) is 0 Å². The fourth-order valence-corrected chi connectivity index (χ4v) is 2.66. The Morgan fingerprint density at radius 3 is 2.90 bits per heavy atom. The Balaban J connectivity index is 1.85. The summed E-state index contributed by atoms with van der Waals surface area (Å²) in [6.07, 6.45) is 7.34. The molecule has 2 rings (SSSR count). The molecule has 0 bridgehead atoms. The molecule has 2 heterocycles. The zero-order valence-electron chi connectivity index (χ0n) is 12.3. The molecule has 1 aliphatic rings. The Kier molecular flexibility index (Phi) is 4.77. The predicted octanol–water partition coefficient (Wildman–Crippen LogP) is 0.188. The number of hydrogen-bond donors (Lipinski definition) is 1. The van der Waals surface area contributed by atoms with E-state index in [0.717, 1.165) is 26.1 Å². The molecule has 0 spiro atoms. The number of aromatic nitrogens is 2. The molecule has 1 N–H and O–H groups in total. The second-order valence-electron chi connectivity index (χ2n) is 5.87. The molecule has 0 radical (unpaired) electrons. The van der Waals surface area contributed by atoms with Gasteiger partial charge in [0.1, 0.15) is 0 Å². The molecule has 1 aliphatic heterocycles. The summed E-state index contributed by atoms with van der Waals surface area (Å²) in [5, 5.41) is 10.6. The third-order valence-electron chi connectivity index (χ3n) is 3.85. The summed E-state index contributed by atoms with van der Waals surface area (Å²) in [5.74, 6) is -0.0102. The van der Waals surface area contributed by atoms with Crippen LogP contribution in [0.15, 0.2) is 18.7 Å². The SMILES string of the molecule is CN(C)C(=O)CC1(O)CCCN(CCn2ccnc2)C1. The van der Waals surface area contributed by atoms with Gasteiger partial charge in [-0.15, -0.1) is 0 Å². The summed E-state index contributed by atoms with van der Waals surface area (Å²) in [5.41, 5.74) is -0.880. The van der Waals surface area contributed by atoms with E-state index in [4.69, 9.17) is 0 Å². The first-order valence-corrected chi connectivity index (χ1v) is 7.09. The van der Waals surface area contributed by atoms with E-state index in [1.54, 1.807) is 31.5 Å². The van der Waals surface area contributed by atoms with Gasteiger partial charge in [-0.2, -0.15) is 0 Å². The summed E-state index contributed by atoms with van der Waals surface area (Å²) >= 11 is 0. The molecular weight excluding hydrogens is 256 g/mol. The molecule has 1 atom stereocenters. The average molecular weight is 280 g/mol. The highest BCUT2D eigenvalue weighted by Crippen LogP contribution is 2.25. The average Bonchev–Trinajstić information content (AvgIpc) is 2.89. The summed E-state index contributed by atoms with van der Waals surface area (Å²) < 4.78 is 2.03. The first-order valence-electron chi connectivity index (χ1n) is 7.09. The second kappa shape index (κ2) is 6.37. The van der Waals surface area contributed by atoms with Gasteiger partial charge in [-0.05, 0) is 19.4 Å². The highest BCUT2D eigenvalue weighted by molar-refractivity contribution is 5.76. The van der Waals surface area contributed by atoms with Crippen molar-refractivity contribution in [2.75, 3.05) is 33.7 Å². The highest BCUT2D eigenvalue weighted by Gasteiger charge is 2.35. The minimum Gasteiger partial charge on any atom is -0.388 e. The summed E-state index contributed by atoms with van der Waals surface area (Å²) in [7, 11) is 3.46. The monoisotopic (exact) mass is 280 g/mol. The van der Waals surface area contributed by atoms with E-state index in [0.29, 0.717) is 13.0 Å². The smallest absolute Gasteiger partial charge is 0.224 e. The van der Waals surface area contributed by atoms with Crippen molar-refractivity contribution in [3.8, 4) is 0 Å². The molecule has 6 nitrogen and oxygen atoms in total. The van der Waals surface area contributed by atoms with Crippen LogP contribution in [-0.4, -0.2) is 69.7 Å². The number of piperidine rings is 1. The Bertz CT molecular complexity index is 432. The van der Waals surface area contributed by atoms with Crippen LogP contribution in [0.3, 0.4) is 0 Å². The standard InChI is InChI=1S/C14H24N4O2/c1-16(2)13(19)10-14(20)4-3-6-17(11-14)8-9-18-7-5-15-12-18/h5,7,12,20H,3-4,6,8-11H2,1-2H3. The number of carbonyl (C=O) groups is 1. The number of rotatable bonds is 5. The van der Waals surface area contributed by atoms with E-state index in [1.165, 1.54) is 0 Å². The summed E-state index contributed by atoms with van der Waals surface area (Å²) in [6.45, 7) is 3.28. The molecule has 1 aromatic heterocycles. The largest absolute Gasteiger partial charge is 0.388 e. The van der Waals surface area contributed by atoms with Gasteiger partial charge in [0.15, 0.2) is 0 Å². The molecule has 1 fully saturated rings. The van der Waals surface area contributed by atoms with E-state index in [9.17, 15) is 9.90 Å².